The van der Waals surface area contributed by atoms with Gasteiger partial charge in [0.1, 0.15) is 10.5 Å². The lowest BCUT2D eigenvalue weighted by atomic mass is 9.93. The molecule has 2 aliphatic rings. The van der Waals surface area contributed by atoms with Gasteiger partial charge in [0.05, 0.1) is 24.2 Å². The van der Waals surface area contributed by atoms with Crippen LogP contribution in [0.4, 0.5) is 11.5 Å². The highest BCUT2D eigenvalue weighted by Gasteiger charge is 2.28. The number of fused-ring (bicyclic) bond motifs is 2. The van der Waals surface area contributed by atoms with Gasteiger partial charge in [-0.1, -0.05) is 30.4 Å². The van der Waals surface area contributed by atoms with E-state index in [1.54, 1.807) is 23.8 Å². The molecule has 1 aliphatic heterocycles. The van der Waals surface area contributed by atoms with Crippen LogP contribution in [0.5, 0.6) is 0 Å². The van der Waals surface area contributed by atoms with E-state index in [-0.39, 0.29) is 12.0 Å². The van der Waals surface area contributed by atoms with Crippen LogP contribution in [0.15, 0.2) is 89.3 Å². The van der Waals surface area contributed by atoms with Crippen LogP contribution in [0.2, 0.25) is 0 Å². The molecule has 1 aromatic carbocycles. The number of aromatic nitrogens is 5. The van der Waals surface area contributed by atoms with Gasteiger partial charge >= 0.3 is 0 Å². The number of hydrogen-bond donors (Lipinski definition) is 3. The van der Waals surface area contributed by atoms with Gasteiger partial charge < -0.3 is 15.1 Å². The Labute approximate surface area is 204 Å². The van der Waals surface area contributed by atoms with Gasteiger partial charge in [-0.3, -0.25) is 5.10 Å². The fourth-order valence-electron chi connectivity index (χ4n) is 4.42. The number of aromatic amines is 1. The zero-order chi connectivity index (χ0) is 23.2. The summed E-state index contributed by atoms with van der Waals surface area (Å²) in [5.74, 6) is 1.56. The van der Waals surface area contributed by atoms with Crippen molar-refractivity contribution in [2.75, 3.05) is 5.32 Å². The number of nitrogens with one attached hydrogen (secondary N) is 3. The molecule has 170 valence electrons. The van der Waals surface area contributed by atoms with Crippen molar-refractivity contribution in [2.24, 2.45) is 5.92 Å². The predicted octanol–water partition coefficient (Wildman–Crippen LogP) is 5.40. The van der Waals surface area contributed by atoms with E-state index in [0.717, 1.165) is 38.6 Å². The third-order valence-corrected chi connectivity index (χ3v) is 6.96. The summed E-state index contributed by atoms with van der Waals surface area (Å²) < 4.78 is 5.71. The Bertz CT molecular complexity index is 1600. The minimum absolute atomic E-state index is 0.143. The molecule has 5 aromatic rings. The van der Waals surface area contributed by atoms with Gasteiger partial charge in [0.25, 0.3) is 0 Å². The van der Waals surface area contributed by atoms with E-state index in [9.17, 15) is 0 Å². The summed E-state index contributed by atoms with van der Waals surface area (Å²) in [6, 6.07) is 10.1. The van der Waals surface area contributed by atoms with Crippen LogP contribution in [-0.4, -0.2) is 31.2 Å². The molecule has 1 aliphatic carbocycles. The first-order valence-corrected chi connectivity index (χ1v) is 12.1. The van der Waals surface area contributed by atoms with E-state index in [1.165, 1.54) is 0 Å². The number of thiazole rings is 1. The number of benzene rings is 1. The molecule has 5 heterocycles. The fraction of sp³-hybridized carbons (Fsp3) is 0.0769. The molecule has 8 nitrogen and oxygen atoms in total. The van der Waals surface area contributed by atoms with Crippen molar-refractivity contribution in [3.05, 3.63) is 95.7 Å². The van der Waals surface area contributed by atoms with E-state index < -0.39 is 0 Å². The van der Waals surface area contributed by atoms with Crippen LogP contribution < -0.4 is 10.6 Å². The molecule has 0 saturated carbocycles. The molecule has 0 saturated heterocycles. The van der Waals surface area contributed by atoms with Crippen LogP contribution >= 0.6 is 11.3 Å². The number of furan rings is 1. The molecule has 0 amide bonds. The number of rotatable bonds is 5. The standard InChI is InChI=1S/C26H19N7OS/c1-2-17(12-21-16(1)11-22(31-21)26-27-8-10-35-26)24-32-20-7-9-34-23(20)25(33-24)30-19-5-3-15(4-6-19)18-13-28-29-14-18/h1-14,16,21,31H,(H,28,29)(H,30,32,33). The molecule has 2 atom stereocenters. The maximum Gasteiger partial charge on any atom is 0.194 e. The smallest absolute Gasteiger partial charge is 0.194 e. The van der Waals surface area contributed by atoms with Crippen molar-refractivity contribution >= 4 is 45.2 Å². The van der Waals surface area contributed by atoms with Crippen molar-refractivity contribution in [3.8, 4) is 11.1 Å². The molecule has 0 radical (unpaired) electrons. The normalized spacial score (nSPS) is 18.7. The lowest BCUT2D eigenvalue weighted by Gasteiger charge is -2.19. The van der Waals surface area contributed by atoms with Crippen LogP contribution in [0.3, 0.4) is 0 Å². The summed E-state index contributed by atoms with van der Waals surface area (Å²) in [5, 5.41) is 16.8. The Morgan fingerprint density at radius 1 is 1.03 bits per heavy atom. The van der Waals surface area contributed by atoms with Crippen LogP contribution in [0.1, 0.15) is 10.8 Å². The number of anilines is 2. The van der Waals surface area contributed by atoms with Gasteiger partial charge in [-0.25, -0.2) is 15.0 Å². The topological polar surface area (TPSA) is 105 Å². The zero-order valence-corrected chi connectivity index (χ0v) is 19.2. The van der Waals surface area contributed by atoms with E-state index >= 15 is 0 Å². The predicted molar refractivity (Wildman–Crippen MR) is 137 cm³/mol. The number of allylic oxidation sites excluding steroid dienone is 2. The third-order valence-electron chi connectivity index (χ3n) is 6.16. The molecular weight excluding hydrogens is 458 g/mol. The SMILES string of the molecule is C1=CC2C=C(c3nccs3)NC2C=C1c1nc(Nc2ccc(-c3cn[nH]c3)cc2)c2occc2n1. The van der Waals surface area contributed by atoms with Gasteiger partial charge in [0.2, 0.25) is 0 Å². The second kappa shape index (κ2) is 8.07. The summed E-state index contributed by atoms with van der Waals surface area (Å²) in [6.45, 7) is 0. The maximum atomic E-state index is 5.71. The summed E-state index contributed by atoms with van der Waals surface area (Å²) in [6.07, 6.45) is 15.8. The van der Waals surface area contributed by atoms with E-state index in [4.69, 9.17) is 14.4 Å². The molecule has 9 heteroatoms. The van der Waals surface area contributed by atoms with Crippen LogP contribution in [0.25, 0.3) is 33.5 Å². The molecule has 0 bridgehead atoms. The highest BCUT2D eigenvalue weighted by atomic mass is 32.1. The van der Waals surface area contributed by atoms with Crippen LogP contribution in [0, 0.1) is 5.92 Å². The molecule has 35 heavy (non-hydrogen) atoms. The number of H-pyrrole nitrogens is 1. The first kappa shape index (κ1) is 19.9. The zero-order valence-electron chi connectivity index (χ0n) is 18.3. The Morgan fingerprint density at radius 2 is 1.97 bits per heavy atom. The van der Waals surface area contributed by atoms with E-state index in [1.807, 2.05) is 48.1 Å². The van der Waals surface area contributed by atoms with E-state index in [2.05, 4.69) is 50.1 Å². The fourth-order valence-corrected chi connectivity index (χ4v) is 5.05. The number of nitrogens with zero attached hydrogens (tertiary/aromatic N) is 4. The largest absolute Gasteiger partial charge is 0.459 e. The molecule has 7 rings (SSSR count). The van der Waals surface area contributed by atoms with Crippen molar-refractivity contribution in [3.63, 3.8) is 0 Å². The molecule has 0 spiro atoms. The quantitative estimate of drug-likeness (QED) is 0.311. The summed E-state index contributed by atoms with van der Waals surface area (Å²) in [4.78, 5) is 14.0. The maximum absolute atomic E-state index is 5.71. The summed E-state index contributed by atoms with van der Waals surface area (Å²) >= 11 is 1.63. The molecule has 2 unspecified atom stereocenters. The molecular formula is C26H19N7OS. The van der Waals surface area contributed by atoms with Crippen molar-refractivity contribution < 1.29 is 4.42 Å². The molecule has 3 N–H and O–H groups in total. The van der Waals surface area contributed by atoms with Gasteiger partial charge in [-0.2, -0.15) is 5.10 Å². The molecule has 4 aromatic heterocycles. The van der Waals surface area contributed by atoms with E-state index in [0.29, 0.717) is 17.2 Å². The lowest BCUT2D eigenvalue weighted by molar-refractivity contribution is 0.615. The Kier molecular flexibility index (Phi) is 4.59. The number of hydrogen-bond acceptors (Lipinski definition) is 8. The Morgan fingerprint density at radius 3 is 2.80 bits per heavy atom. The second-order valence-electron chi connectivity index (χ2n) is 8.37. The summed E-state index contributed by atoms with van der Waals surface area (Å²) in [7, 11) is 0. The minimum Gasteiger partial charge on any atom is -0.459 e. The van der Waals surface area contributed by atoms with Gasteiger partial charge in [-0.05, 0) is 23.8 Å². The Balaban J connectivity index is 1.18. The lowest BCUT2D eigenvalue weighted by Crippen LogP contribution is -2.27. The van der Waals surface area contributed by atoms with Crippen molar-refractivity contribution in [1.82, 2.24) is 30.5 Å². The first-order chi connectivity index (χ1) is 17.3. The highest BCUT2D eigenvalue weighted by molar-refractivity contribution is 7.10. The Hall–Kier alpha value is -4.50. The average Bonchev–Trinajstić information content (AvgIpc) is 3.69. The van der Waals surface area contributed by atoms with Crippen molar-refractivity contribution in [2.45, 2.75) is 6.04 Å². The van der Waals surface area contributed by atoms with Crippen molar-refractivity contribution in [1.29, 1.82) is 0 Å². The van der Waals surface area contributed by atoms with Gasteiger partial charge in [0.15, 0.2) is 17.2 Å². The highest BCUT2D eigenvalue weighted by Crippen LogP contribution is 2.34. The second-order valence-corrected chi connectivity index (χ2v) is 9.26. The summed E-state index contributed by atoms with van der Waals surface area (Å²) in [5.41, 5.74) is 6.44. The molecule has 0 fully saturated rings. The average molecular weight is 478 g/mol. The monoisotopic (exact) mass is 477 g/mol. The first-order valence-electron chi connectivity index (χ1n) is 11.2. The van der Waals surface area contributed by atoms with Gasteiger partial charge in [0, 0.05) is 46.6 Å². The minimum atomic E-state index is 0.143. The third kappa shape index (κ3) is 3.62. The van der Waals surface area contributed by atoms with Crippen LogP contribution in [-0.2, 0) is 0 Å². The van der Waals surface area contributed by atoms with Gasteiger partial charge in [-0.15, -0.1) is 11.3 Å².